The van der Waals surface area contributed by atoms with Gasteiger partial charge in [0.1, 0.15) is 5.82 Å². The number of halogens is 4. The zero-order valence-electron chi connectivity index (χ0n) is 26.4. The van der Waals surface area contributed by atoms with E-state index < -0.39 is 34.9 Å². The molecule has 1 N–H and O–H groups in total. The van der Waals surface area contributed by atoms with Crippen LogP contribution in [0.2, 0.25) is 0 Å². The van der Waals surface area contributed by atoms with Crippen molar-refractivity contribution in [1.29, 1.82) is 0 Å². The molecule has 47 heavy (non-hydrogen) atoms. The first-order valence-electron chi connectivity index (χ1n) is 14.9. The molecule has 0 aliphatic carbocycles. The normalized spacial score (nSPS) is 12.3. The van der Waals surface area contributed by atoms with E-state index in [1.165, 1.54) is 39.9 Å². The van der Waals surface area contributed by atoms with Crippen molar-refractivity contribution >= 4 is 28.5 Å². The van der Waals surface area contributed by atoms with Crippen molar-refractivity contribution in [2.24, 2.45) is 5.92 Å². The summed E-state index contributed by atoms with van der Waals surface area (Å²) in [5.74, 6) is -1.89. The van der Waals surface area contributed by atoms with Gasteiger partial charge in [-0.2, -0.15) is 13.2 Å². The average molecular weight is 648 g/mol. The van der Waals surface area contributed by atoms with Gasteiger partial charge >= 0.3 is 6.18 Å². The van der Waals surface area contributed by atoms with E-state index in [1.54, 1.807) is 63.0 Å². The highest BCUT2D eigenvalue weighted by Crippen LogP contribution is 2.34. The SMILES string of the molecule is CC[C@@H](C)C(=O)Nc1ncc(-c2cccc(C(=O)N(C)C)c2)n(Cc2cc(-n3cc(C)c4cc(F)ccc43)cc(C(F)(F)F)c2)c1=O. The molecule has 1 atom stereocenters. The number of aryl methyl sites for hydroxylation is 1. The maximum Gasteiger partial charge on any atom is 0.416 e. The second-order valence-electron chi connectivity index (χ2n) is 11.7. The molecule has 2 aromatic heterocycles. The molecule has 0 radical (unpaired) electrons. The second kappa shape index (κ2) is 12.9. The Labute approximate surface area is 268 Å². The Morgan fingerprint density at radius 3 is 2.47 bits per heavy atom. The number of fused-ring (bicyclic) bond motifs is 1. The zero-order valence-corrected chi connectivity index (χ0v) is 26.4. The Morgan fingerprint density at radius 1 is 1.04 bits per heavy atom. The van der Waals surface area contributed by atoms with Gasteiger partial charge in [0.25, 0.3) is 11.5 Å². The van der Waals surface area contributed by atoms with Gasteiger partial charge in [0.15, 0.2) is 5.82 Å². The lowest BCUT2D eigenvalue weighted by Crippen LogP contribution is -2.30. The monoisotopic (exact) mass is 647 g/mol. The van der Waals surface area contributed by atoms with Crippen LogP contribution in [0, 0.1) is 18.7 Å². The van der Waals surface area contributed by atoms with Crippen molar-refractivity contribution in [3.63, 3.8) is 0 Å². The number of hydrogen-bond donors (Lipinski definition) is 1. The van der Waals surface area contributed by atoms with E-state index in [2.05, 4.69) is 10.3 Å². The molecule has 0 fully saturated rings. The van der Waals surface area contributed by atoms with E-state index in [1.807, 2.05) is 6.92 Å². The van der Waals surface area contributed by atoms with E-state index in [0.717, 1.165) is 12.1 Å². The van der Waals surface area contributed by atoms with E-state index in [0.29, 0.717) is 34.0 Å². The molecule has 0 saturated heterocycles. The Kier molecular flexibility index (Phi) is 9.06. The first-order chi connectivity index (χ1) is 22.2. The molecule has 5 aromatic rings. The minimum Gasteiger partial charge on any atom is -0.345 e. The second-order valence-corrected chi connectivity index (χ2v) is 11.7. The maximum atomic E-state index is 14.3. The molecule has 0 bridgehead atoms. The van der Waals surface area contributed by atoms with Gasteiger partial charge in [0.2, 0.25) is 5.91 Å². The van der Waals surface area contributed by atoms with Crippen molar-refractivity contribution in [2.45, 2.75) is 39.9 Å². The topological polar surface area (TPSA) is 89.2 Å². The first kappa shape index (κ1) is 33.1. The largest absolute Gasteiger partial charge is 0.416 e. The van der Waals surface area contributed by atoms with Crippen LogP contribution in [0.3, 0.4) is 0 Å². The van der Waals surface area contributed by atoms with Crippen LogP contribution < -0.4 is 10.9 Å². The Bertz CT molecular complexity index is 2060. The zero-order chi connectivity index (χ0) is 34.2. The summed E-state index contributed by atoms with van der Waals surface area (Å²) in [5, 5.41) is 3.10. The van der Waals surface area contributed by atoms with E-state index in [4.69, 9.17) is 0 Å². The standard InChI is InChI=1S/C35H33F4N5O3/c1-6-20(2)32(45)41-31-34(47)44(30(17-40-31)23-8-7-9-24(14-23)33(46)42(4)5)19-22-12-25(35(37,38)39)15-27(13-22)43-18-21(3)28-16-26(36)10-11-29(28)43/h7-18,20H,6,19H2,1-5H3,(H,40,41,45)/t20-/m1/s1. The molecule has 5 rings (SSSR count). The van der Waals surface area contributed by atoms with Crippen molar-refractivity contribution in [2.75, 3.05) is 19.4 Å². The predicted octanol–water partition coefficient (Wildman–Crippen LogP) is 7.06. The van der Waals surface area contributed by atoms with Crippen molar-refractivity contribution in [3.8, 4) is 16.9 Å². The van der Waals surface area contributed by atoms with Gasteiger partial charge < -0.3 is 14.8 Å². The summed E-state index contributed by atoms with van der Waals surface area (Å²) < 4.78 is 59.6. The first-order valence-corrected chi connectivity index (χ1v) is 14.9. The lowest BCUT2D eigenvalue weighted by molar-refractivity contribution is -0.137. The van der Waals surface area contributed by atoms with Gasteiger partial charge in [-0.3, -0.25) is 19.0 Å². The summed E-state index contributed by atoms with van der Waals surface area (Å²) in [6.45, 7) is 4.91. The van der Waals surface area contributed by atoms with E-state index >= 15 is 0 Å². The Morgan fingerprint density at radius 2 is 1.79 bits per heavy atom. The highest BCUT2D eigenvalue weighted by molar-refractivity contribution is 5.95. The van der Waals surface area contributed by atoms with Crippen LogP contribution in [0.5, 0.6) is 0 Å². The van der Waals surface area contributed by atoms with Crippen molar-refractivity contribution in [1.82, 2.24) is 19.0 Å². The molecule has 244 valence electrons. The highest BCUT2D eigenvalue weighted by atomic mass is 19.4. The summed E-state index contributed by atoms with van der Waals surface area (Å²) in [4.78, 5) is 45.0. The maximum absolute atomic E-state index is 14.3. The average Bonchev–Trinajstić information content (AvgIpc) is 3.36. The number of carbonyl (C=O) groups excluding carboxylic acids is 2. The number of amides is 2. The summed E-state index contributed by atoms with van der Waals surface area (Å²) in [6, 6.07) is 14.0. The van der Waals surface area contributed by atoms with Gasteiger partial charge in [-0.25, -0.2) is 9.37 Å². The summed E-state index contributed by atoms with van der Waals surface area (Å²) in [7, 11) is 3.19. The number of carbonyl (C=O) groups is 2. The van der Waals surface area contributed by atoms with Gasteiger partial charge in [-0.15, -0.1) is 0 Å². The van der Waals surface area contributed by atoms with E-state index in [-0.39, 0.29) is 35.2 Å². The lowest BCUT2D eigenvalue weighted by atomic mass is 10.1. The molecule has 0 aliphatic heterocycles. The highest BCUT2D eigenvalue weighted by Gasteiger charge is 2.32. The third-order valence-corrected chi connectivity index (χ3v) is 8.06. The van der Waals surface area contributed by atoms with Crippen LogP contribution in [0.1, 0.15) is 47.3 Å². The number of anilines is 1. The minimum absolute atomic E-state index is 0.130. The van der Waals surface area contributed by atoms with Gasteiger partial charge in [0.05, 0.1) is 29.5 Å². The fourth-order valence-corrected chi connectivity index (χ4v) is 5.29. The van der Waals surface area contributed by atoms with Crippen LogP contribution in [-0.4, -0.2) is 44.9 Å². The number of rotatable bonds is 8. The van der Waals surface area contributed by atoms with Crippen LogP contribution in [-0.2, 0) is 17.5 Å². The lowest BCUT2D eigenvalue weighted by Gasteiger charge is -2.18. The van der Waals surface area contributed by atoms with Gasteiger partial charge in [-0.1, -0.05) is 26.0 Å². The predicted molar refractivity (Wildman–Crippen MR) is 172 cm³/mol. The summed E-state index contributed by atoms with van der Waals surface area (Å²) in [6.07, 6.45) is -1.24. The quantitative estimate of drug-likeness (QED) is 0.183. The van der Waals surface area contributed by atoms with Gasteiger partial charge in [-0.05, 0) is 73.0 Å². The van der Waals surface area contributed by atoms with Crippen LogP contribution in [0.4, 0.5) is 23.4 Å². The van der Waals surface area contributed by atoms with E-state index in [9.17, 15) is 31.9 Å². The summed E-state index contributed by atoms with van der Waals surface area (Å²) in [5.41, 5.74) is 0.753. The number of nitrogens with zero attached hydrogens (tertiary/aromatic N) is 4. The Balaban J connectivity index is 1.70. The minimum atomic E-state index is -4.72. The number of benzene rings is 3. The molecule has 0 unspecified atom stereocenters. The number of nitrogens with one attached hydrogen (secondary N) is 1. The smallest absolute Gasteiger partial charge is 0.345 e. The van der Waals surface area contributed by atoms with Crippen molar-refractivity contribution in [3.05, 3.63) is 111 Å². The molecule has 2 amide bonds. The van der Waals surface area contributed by atoms with Gasteiger partial charge in [0, 0.05) is 48.4 Å². The Hall–Kier alpha value is -5.26. The number of alkyl halides is 3. The molecule has 3 aromatic carbocycles. The van der Waals surface area contributed by atoms with Crippen LogP contribution >= 0.6 is 0 Å². The fraction of sp³-hybridized carbons (Fsp3) is 0.257. The molecule has 0 aliphatic rings. The number of hydrogen-bond acceptors (Lipinski definition) is 4. The third-order valence-electron chi connectivity index (χ3n) is 8.06. The number of aromatic nitrogens is 3. The molecule has 0 spiro atoms. The van der Waals surface area contributed by atoms with Crippen molar-refractivity contribution < 1.29 is 27.2 Å². The molecule has 2 heterocycles. The molecular weight excluding hydrogens is 614 g/mol. The molecule has 0 saturated carbocycles. The molecule has 12 heteroatoms. The van der Waals surface area contributed by atoms with Crippen LogP contribution in [0.25, 0.3) is 27.8 Å². The van der Waals surface area contributed by atoms with Crippen LogP contribution in [0.15, 0.2) is 77.9 Å². The molecule has 8 nitrogen and oxygen atoms in total. The third kappa shape index (κ3) is 6.81. The fourth-order valence-electron chi connectivity index (χ4n) is 5.29. The summed E-state index contributed by atoms with van der Waals surface area (Å²) >= 11 is 0. The molecular formula is C35H33F4N5O3.